The summed E-state index contributed by atoms with van der Waals surface area (Å²) < 4.78 is 7.25. The molecule has 0 aromatic carbocycles. The number of hydrogen-bond donors (Lipinski definition) is 0. The average molecular weight is 281 g/mol. The molecule has 0 atom stereocenters. The summed E-state index contributed by atoms with van der Waals surface area (Å²) in [6.07, 6.45) is 2.58. The second-order valence-corrected chi connectivity index (χ2v) is 6.05. The SMILES string of the molecule is CC(C)Cc1noc(CSc2nncn2C(C)C)n1. The molecule has 0 amide bonds. The highest BCUT2D eigenvalue weighted by Gasteiger charge is 2.12. The highest BCUT2D eigenvalue weighted by atomic mass is 32.2. The Morgan fingerprint density at radius 1 is 1.32 bits per heavy atom. The molecule has 7 heteroatoms. The minimum absolute atomic E-state index is 0.344. The van der Waals surface area contributed by atoms with E-state index in [1.807, 2.05) is 4.57 Å². The molecule has 0 saturated carbocycles. The number of aromatic nitrogens is 5. The molecule has 104 valence electrons. The lowest BCUT2D eigenvalue weighted by atomic mass is 10.1. The molecule has 2 aromatic heterocycles. The van der Waals surface area contributed by atoms with Crippen LogP contribution in [-0.4, -0.2) is 24.9 Å². The summed E-state index contributed by atoms with van der Waals surface area (Å²) in [6, 6.07) is 0.344. The van der Waals surface area contributed by atoms with Gasteiger partial charge in [-0.2, -0.15) is 4.98 Å². The fourth-order valence-corrected chi connectivity index (χ4v) is 2.49. The summed E-state index contributed by atoms with van der Waals surface area (Å²) in [5, 5.41) is 12.9. The van der Waals surface area contributed by atoms with Crippen molar-refractivity contribution < 1.29 is 4.52 Å². The maximum Gasteiger partial charge on any atom is 0.237 e. The van der Waals surface area contributed by atoms with E-state index >= 15 is 0 Å². The predicted octanol–water partition coefficient (Wildman–Crippen LogP) is 2.73. The molecule has 0 fully saturated rings. The molecule has 0 aliphatic rings. The lowest BCUT2D eigenvalue weighted by Crippen LogP contribution is -2.01. The van der Waals surface area contributed by atoms with Crippen LogP contribution in [0.1, 0.15) is 45.5 Å². The molecule has 0 N–H and O–H groups in total. The molecule has 0 spiro atoms. The van der Waals surface area contributed by atoms with Gasteiger partial charge in [0, 0.05) is 12.5 Å². The van der Waals surface area contributed by atoms with Crippen molar-refractivity contribution in [2.75, 3.05) is 0 Å². The highest BCUT2D eigenvalue weighted by molar-refractivity contribution is 7.98. The van der Waals surface area contributed by atoms with Crippen molar-refractivity contribution in [1.29, 1.82) is 0 Å². The summed E-state index contributed by atoms with van der Waals surface area (Å²) in [5.41, 5.74) is 0. The van der Waals surface area contributed by atoms with Gasteiger partial charge < -0.3 is 9.09 Å². The zero-order chi connectivity index (χ0) is 13.8. The van der Waals surface area contributed by atoms with Gasteiger partial charge in [0.2, 0.25) is 5.89 Å². The van der Waals surface area contributed by atoms with E-state index < -0.39 is 0 Å². The standard InChI is InChI=1S/C12H19N5OS/c1-8(2)5-10-14-11(18-16-10)6-19-12-15-13-7-17(12)9(3)4/h7-9H,5-6H2,1-4H3. The maximum absolute atomic E-state index is 5.22. The van der Waals surface area contributed by atoms with E-state index in [1.165, 1.54) is 0 Å². The Morgan fingerprint density at radius 3 is 2.79 bits per heavy atom. The number of thioether (sulfide) groups is 1. The summed E-state index contributed by atoms with van der Waals surface area (Å²) in [7, 11) is 0. The fraction of sp³-hybridized carbons (Fsp3) is 0.667. The summed E-state index contributed by atoms with van der Waals surface area (Å²) in [4.78, 5) is 4.37. The van der Waals surface area contributed by atoms with Gasteiger partial charge in [0.1, 0.15) is 6.33 Å². The van der Waals surface area contributed by atoms with E-state index in [1.54, 1.807) is 18.1 Å². The van der Waals surface area contributed by atoms with Crippen LogP contribution in [-0.2, 0) is 12.2 Å². The van der Waals surface area contributed by atoms with Gasteiger partial charge in [-0.3, -0.25) is 0 Å². The van der Waals surface area contributed by atoms with Crippen LogP contribution < -0.4 is 0 Å². The lowest BCUT2D eigenvalue weighted by molar-refractivity contribution is 0.382. The van der Waals surface area contributed by atoms with Crippen LogP contribution in [0.3, 0.4) is 0 Å². The Morgan fingerprint density at radius 2 is 2.11 bits per heavy atom. The van der Waals surface area contributed by atoms with Gasteiger partial charge in [-0.1, -0.05) is 30.8 Å². The maximum atomic E-state index is 5.22. The van der Waals surface area contributed by atoms with Crippen molar-refractivity contribution in [3.8, 4) is 0 Å². The molecule has 2 aromatic rings. The number of nitrogens with zero attached hydrogens (tertiary/aromatic N) is 5. The monoisotopic (exact) mass is 281 g/mol. The van der Waals surface area contributed by atoms with E-state index in [0.29, 0.717) is 23.6 Å². The molecule has 0 saturated heterocycles. The summed E-state index contributed by atoms with van der Waals surface area (Å²) in [5.74, 6) is 2.56. The fourth-order valence-electron chi connectivity index (χ4n) is 1.61. The van der Waals surface area contributed by atoms with Gasteiger partial charge in [0.05, 0.1) is 5.75 Å². The second-order valence-electron chi connectivity index (χ2n) is 5.11. The molecule has 0 aliphatic carbocycles. The van der Waals surface area contributed by atoms with E-state index in [0.717, 1.165) is 17.4 Å². The van der Waals surface area contributed by atoms with Gasteiger partial charge in [0.25, 0.3) is 0 Å². The zero-order valence-corrected chi connectivity index (χ0v) is 12.5. The van der Waals surface area contributed by atoms with E-state index in [9.17, 15) is 0 Å². The average Bonchev–Trinajstić information content (AvgIpc) is 2.93. The Kier molecular flexibility index (Phi) is 4.57. The van der Waals surface area contributed by atoms with Crippen molar-refractivity contribution in [1.82, 2.24) is 24.9 Å². The van der Waals surface area contributed by atoms with Crippen molar-refractivity contribution in [2.45, 2.75) is 51.1 Å². The largest absolute Gasteiger partial charge is 0.338 e. The van der Waals surface area contributed by atoms with Crippen molar-refractivity contribution in [3.63, 3.8) is 0 Å². The molecule has 2 heterocycles. The number of hydrogen-bond acceptors (Lipinski definition) is 6. The molecule has 0 bridgehead atoms. The van der Waals surface area contributed by atoms with E-state index in [2.05, 4.69) is 48.0 Å². The molecule has 19 heavy (non-hydrogen) atoms. The third-order valence-corrected chi connectivity index (χ3v) is 3.46. The molecule has 0 radical (unpaired) electrons. The van der Waals surface area contributed by atoms with Crippen LogP contribution in [0, 0.1) is 5.92 Å². The smallest absolute Gasteiger partial charge is 0.237 e. The number of rotatable bonds is 6. The van der Waals surface area contributed by atoms with Crippen molar-refractivity contribution in [3.05, 3.63) is 18.0 Å². The second kappa shape index (κ2) is 6.18. The Hall–Kier alpha value is -1.37. The van der Waals surface area contributed by atoms with Gasteiger partial charge in [-0.15, -0.1) is 10.2 Å². The van der Waals surface area contributed by atoms with Gasteiger partial charge in [-0.05, 0) is 19.8 Å². The van der Waals surface area contributed by atoms with Crippen molar-refractivity contribution >= 4 is 11.8 Å². The molecular weight excluding hydrogens is 262 g/mol. The Labute approximate surface area is 117 Å². The van der Waals surface area contributed by atoms with Gasteiger partial charge in [-0.25, -0.2) is 0 Å². The van der Waals surface area contributed by atoms with Crippen LogP contribution in [0.4, 0.5) is 0 Å². The predicted molar refractivity (Wildman–Crippen MR) is 72.8 cm³/mol. The Bertz CT molecular complexity index is 520. The minimum atomic E-state index is 0.344. The first kappa shape index (κ1) is 14.0. The minimum Gasteiger partial charge on any atom is -0.338 e. The topological polar surface area (TPSA) is 69.6 Å². The van der Waals surface area contributed by atoms with Crippen molar-refractivity contribution in [2.24, 2.45) is 5.92 Å². The summed E-state index contributed by atoms with van der Waals surface area (Å²) >= 11 is 1.56. The Balaban J connectivity index is 1.95. The molecule has 0 unspecified atom stereocenters. The third kappa shape index (κ3) is 3.79. The summed E-state index contributed by atoms with van der Waals surface area (Å²) in [6.45, 7) is 8.47. The van der Waals surface area contributed by atoms with Gasteiger partial charge >= 0.3 is 0 Å². The van der Waals surface area contributed by atoms with E-state index in [4.69, 9.17) is 4.52 Å². The highest BCUT2D eigenvalue weighted by Crippen LogP contribution is 2.22. The third-order valence-electron chi connectivity index (χ3n) is 2.52. The molecular formula is C12H19N5OS. The zero-order valence-electron chi connectivity index (χ0n) is 11.7. The first-order chi connectivity index (χ1) is 9.06. The molecule has 6 nitrogen and oxygen atoms in total. The van der Waals surface area contributed by atoms with Crippen LogP contribution in [0.15, 0.2) is 16.0 Å². The van der Waals surface area contributed by atoms with Crippen LogP contribution in [0.5, 0.6) is 0 Å². The van der Waals surface area contributed by atoms with Crippen LogP contribution >= 0.6 is 11.8 Å². The normalized spacial score (nSPS) is 11.7. The van der Waals surface area contributed by atoms with Crippen LogP contribution in [0.2, 0.25) is 0 Å². The van der Waals surface area contributed by atoms with Gasteiger partial charge in [0.15, 0.2) is 11.0 Å². The van der Waals surface area contributed by atoms with E-state index in [-0.39, 0.29) is 0 Å². The molecule has 0 aliphatic heterocycles. The van der Waals surface area contributed by atoms with Crippen LogP contribution in [0.25, 0.3) is 0 Å². The molecule has 2 rings (SSSR count). The lowest BCUT2D eigenvalue weighted by Gasteiger charge is -2.07. The quantitative estimate of drug-likeness (QED) is 0.758. The first-order valence-electron chi connectivity index (χ1n) is 6.40. The first-order valence-corrected chi connectivity index (χ1v) is 7.38.